The van der Waals surface area contributed by atoms with Gasteiger partial charge in [0.2, 0.25) is 0 Å². The predicted octanol–water partition coefficient (Wildman–Crippen LogP) is 1.72. The number of aromatic nitrogens is 4. The van der Waals surface area contributed by atoms with Crippen LogP contribution in [0.3, 0.4) is 0 Å². The van der Waals surface area contributed by atoms with Gasteiger partial charge < -0.3 is 9.47 Å². The van der Waals surface area contributed by atoms with E-state index in [0.29, 0.717) is 18.0 Å². The summed E-state index contributed by atoms with van der Waals surface area (Å²) in [5.74, 6) is -0.506. The summed E-state index contributed by atoms with van der Waals surface area (Å²) >= 11 is 0. The number of pyridine rings is 1. The van der Waals surface area contributed by atoms with Crippen molar-refractivity contribution < 1.29 is 14.3 Å². The number of nitrogens with zero attached hydrogens (tertiary/aromatic N) is 4. The Morgan fingerprint density at radius 2 is 2.24 bits per heavy atom. The van der Waals surface area contributed by atoms with E-state index in [1.165, 1.54) is 0 Å². The monoisotopic (exact) mass is 290 g/mol. The molecule has 2 aromatic rings. The fourth-order valence-electron chi connectivity index (χ4n) is 1.99. The molecule has 0 aliphatic heterocycles. The van der Waals surface area contributed by atoms with Crippen LogP contribution < -0.4 is 0 Å². The third-order valence-electron chi connectivity index (χ3n) is 2.90. The molecular formula is C14H18N4O3. The molecule has 0 bridgehead atoms. The number of hydrogen-bond acceptors (Lipinski definition) is 6. The topological polar surface area (TPSA) is 79.1 Å². The van der Waals surface area contributed by atoms with E-state index in [4.69, 9.17) is 9.47 Å². The first-order valence-electron chi connectivity index (χ1n) is 6.71. The maximum absolute atomic E-state index is 12.0. The lowest BCUT2D eigenvalue weighted by Gasteiger charge is -2.13. The van der Waals surface area contributed by atoms with Gasteiger partial charge in [0.25, 0.3) is 0 Å². The van der Waals surface area contributed by atoms with Gasteiger partial charge in [-0.05, 0) is 26.0 Å². The van der Waals surface area contributed by atoms with Crippen molar-refractivity contribution >= 4 is 5.97 Å². The molecule has 112 valence electrons. The lowest BCUT2D eigenvalue weighted by Crippen LogP contribution is -2.15. The molecule has 1 unspecified atom stereocenters. The quantitative estimate of drug-likeness (QED) is 0.754. The summed E-state index contributed by atoms with van der Waals surface area (Å²) in [7, 11) is 1.61. The summed E-state index contributed by atoms with van der Waals surface area (Å²) in [6.45, 7) is 4.41. The Kier molecular flexibility index (Phi) is 4.99. The molecule has 7 nitrogen and oxygen atoms in total. The third-order valence-corrected chi connectivity index (χ3v) is 2.90. The zero-order valence-electron chi connectivity index (χ0n) is 12.3. The van der Waals surface area contributed by atoms with Crippen molar-refractivity contribution in [3.8, 4) is 11.4 Å². The molecule has 21 heavy (non-hydrogen) atoms. The first-order valence-corrected chi connectivity index (χ1v) is 6.71. The maximum Gasteiger partial charge on any atom is 0.361 e. The molecule has 2 rings (SSSR count). The van der Waals surface area contributed by atoms with Crippen molar-refractivity contribution in [2.24, 2.45) is 0 Å². The van der Waals surface area contributed by atoms with E-state index in [1.54, 1.807) is 37.0 Å². The van der Waals surface area contributed by atoms with Crippen LogP contribution in [-0.4, -0.2) is 46.3 Å². The summed E-state index contributed by atoms with van der Waals surface area (Å²) in [6.07, 6.45) is 1.66. The molecule has 0 amide bonds. The minimum absolute atomic E-state index is 0.0808. The van der Waals surface area contributed by atoms with E-state index in [-0.39, 0.29) is 18.3 Å². The first kappa shape index (κ1) is 15.1. The van der Waals surface area contributed by atoms with Crippen LogP contribution in [0.1, 0.15) is 30.4 Å². The molecule has 2 heterocycles. The van der Waals surface area contributed by atoms with Crippen LogP contribution in [0.5, 0.6) is 0 Å². The van der Waals surface area contributed by atoms with Crippen molar-refractivity contribution in [1.29, 1.82) is 0 Å². The van der Waals surface area contributed by atoms with Gasteiger partial charge in [0.1, 0.15) is 5.69 Å². The summed E-state index contributed by atoms with van der Waals surface area (Å²) in [4.78, 5) is 16.3. The Bertz CT molecular complexity index is 598. The summed E-state index contributed by atoms with van der Waals surface area (Å²) < 4.78 is 11.8. The maximum atomic E-state index is 12.0. The number of rotatable bonds is 6. The number of methoxy groups -OCH3 is 1. The van der Waals surface area contributed by atoms with Crippen LogP contribution in [-0.2, 0) is 9.47 Å². The van der Waals surface area contributed by atoms with Crippen LogP contribution >= 0.6 is 0 Å². The summed E-state index contributed by atoms with van der Waals surface area (Å²) in [6, 6.07) is 5.37. The smallest absolute Gasteiger partial charge is 0.361 e. The molecule has 0 saturated heterocycles. The normalized spacial score (nSPS) is 12.1. The number of carbonyl (C=O) groups is 1. The highest BCUT2D eigenvalue weighted by molar-refractivity contribution is 5.93. The van der Waals surface area contributed by atoms with Crippen molar-refractivity contribution in [3.05, 3.63) is 30.1 Å². The van der Waals surface area contributed by atoms with Crippen LogP contribution in [0.25, 0.3) is 11.4 Å². The standard InChI is InChI=1S/C14H18N4O3/c1-4-21-14(19)12-13(11-7-5-6-8-15-11)18(17-16-12)10(2)9-20-3/h5-8,10H,4,9H2,1-3H3. The van der Waals surface area contributed by atoms with E-state index in [9.17, 15) is 4.79 Å². The molecule has 0 fully saturated rings. The van der Waals surface area contributed by atoms with E-state index < -0.39 is 5.97 Å². The molecule has 0 aliphatic carbocycles. The van der Waals surface area contributed by atoms with Crippen molar-refractivity contribution in [3.63, 3.8) is 0 Å². The van der Waals surface area contributed by atoms with Crippen LogP contribution in [0.15, 0.2) is 24.4 Å². The number of hydrogen-bond donors (Lipinski definition) is 0. The molecule has 0 N–H and O–H groups in total. The second kappa shape index (κ2) is 6.94. The zero-order valence-corrected chi connectivity index (χ0v) is 12.3. The molecule has 7 heteroatoms. The Morgan fingerprint density at radius 3 is 2.86 bits per heavy atom. The van der Waals surface area contributed by atoms with Crippen LogP contribution in [0.4, 0.5) is 0 Å². The largest absolute Gasteiger partial charge is 0.461 e. The summed E-state index contributed by atoms with van der Waals surface area (Å²) in [5, 5.41) is 8.02. The molecule has 0 saturated carbocycles. The Hall–Kier alpha value is -2.28. The van der Waals surface area contributed by atoms with Gasteiger partial charge in [-0.25, -0.2) is 9.48 Å². The number of ether oxygens (including phenoxy) is 2. The van der Waals surface area contributed by atoms with Gasteiger partial charge in [-0.1, -0.05) is 11.3 Å². The lowest BCUT2D eigenvalue weighted by molar-refractivity contribution is 0.0520. The average molecular weight is 290 g/mol. The molecule has 2 aromatic heterocycles. The van der Waals surface area contributed by atoms with Crippen LogP contribution in [0, 0.1) is 0 Å². The van der Waals surface area contributed by atoms with Gasteiger partial charge in [0, 0.05) is 13.3 Å². The zero-order chi connectivity index (χ0) is 15.2. The SMILES string of the molecule is CCOC(=O)c1nnn(C(C)COC)c1-c1ccccn1. The minimum Gasteiger partial charge on any atom is -0.461 e. The van der Waals surface area contributed by atoms with Crippen LogP contribution in [0.2, 0.25) is 0 Å². The minimum atomic E-state index is -0.506. The van der Waals surface area contributed by atoms with Crippen molar-refractivity contribution in [1.82, 2.24) is 20.0 Å². The second-order valence-electron chi connectivity index (χ2n) is 4.47. The van der Waals surface area contributed by atoms with Gasteiger partial charge in [-0.2, -0.15) is 0 Å². The third kappa shape index (κ3) is 3.25. The number of carbonyl (C=O) groups excluding carboxylic acids is 1. The predicted molar refractivity (Wildman–Crippen MR) is 75.8 cm³/mol. The van der Waals surface area contributed by atoms with E-state index in [2.05, 4.69) is 15.3 Å². The molecule has 0 spiro atoms. The fraction of sp³-hybridized carbons (Fsp3) is 0.429. The molecular weight excluding hydrogens is 272 g/mol. The summed E-state index contributed by atoms with van der Waals surface area (Å²) in [5.41, 5.74) is 1.32. The van der Waals surface area contributed by atoms with Gasteiger partial charge in [0.15, 0.2) is 5.69 Å². The highest BCUT2D eigenvalue weighted by Crippen LogP contribution is 2.23. The highest BCUT2D eigenvalue weighted by Gasteiger charge is 2.25. The van der Waals surface area contributed by atoms with Gasteiger partial charge in [-0.3, -0.25) is 4.98 Å². The highest BCUT2D eigenvalue weighted by atomic mass is 16.5. The molecule has 0 aliphatic rings. The second-order valence-corrected chi connectivity index (χ2v) is 4.47. The van der Waals surface area contributed by atoms with Gasteiger partial charge >= 0.3 is 5.97 Å². The molecule has 1 atom stereocenters. The van der Waals surface area contributed by atoms with E-state index in [0.717, 1.165) is 0 Å². The number of esters is 1. The lowest BCUT2D eigenvalue weighted by atomic mass is 10.2. The fourth-order valence-corrected chi connectivity index (χ4v) is 1.99. The van der Waals surface area contributed by atoms with E-state index in [1.807, 2.05) is 13.0 Å². The Morgan fingerprint density at radius 1 is 1.43 bits per heavy atom. The Balaban J connectivity index is 2.50. The Labute approximate surface area is 122 Å². The van der Waals surface area contributed by atoms with Gasteiger partial charge in [-0.15, -0.1) is 5.10 Å². The van der Waals surface area contributed by atoms with Crippen molar-refractivity contribution in [2.45, 2.75) is 19.9 Å². The molecule has 0 aromatic carbocycles. The van der Waals surface area contributed by atoms with Crippen molar-refractivity contribution in [2.75, 3.05) is 20.3 Å². The average Bonchev–Trinajstić information content (AvgIpc) is 2.93. The molecule has 0 radical (unpaired) electrons. The van der Waals surface area contributed by atoms with Gasteiger partial charge in [0.05, 0.1) is 24.9 Å². The first-order chi connectivity index (χ1) is 10.2. The van der Waals surface area contributed by atoms with E-state index >= 15 is 0 Å².